The standard InChI is InChI=1S/C38H60O18/c1-35-9-5-20-36(2)7-4-8-37(3,19(36)6-10-38(20,15-35)11-21(35)42)34(50)56-33-30(55-32-28(49)26(47)23(44)17(13-40)52-32)29(24(45)18(14-41)53-33)54-31-27(48)25(46)22(43)16(12-39)51-31/h16-20,22-33,39-41,43-49H,4-15H2,1-3H3/t16?,17?,18?,19?,20?,22?,23?,24?,25?,26-,27?,28?,29?,30?,31?,32?,33?,35?,36?,37?,38?/m1/s1. The zero-order chi connectivity index (χ0) is 40.7. The molecule has 2 bridgehead atoms. The number of hydrogen-bond donors (Lipinski definition) is 10. The molecular formula is C38H60O18. The molecule has 3 aliphatic heterocycles. The molecule has 7 fully saturated rings. The summed E-state index contributed by atoms with van der Waals surface area (Å²) in [6, 6.07) is 0. The molecule has 320 valence electrons. The highest BCUT2D eigenvalue weighted by Gasteiger charge is 2.69. The molecule has 18 heteroatoms. The number of carbonyl (C=O) groups excluding carboxylic acids is 2. The Morgan fingerprint density at radius 3 is 1.73 bits per heavy atom. The molecular weight excluding hydrogens is 744 g/mol. The van der Waals surface area contributed by atoms with Crippen LogP contribution in [-0.2, 0) is 38.0 Å². The summed E-state index contributed by atoms with van der Waals surface area (Å²) in [5.41, 5.74) is -1.80. The zero-order valence-electron chi connectivity index (χ0n) is 32.0. The van der Waals surface area contributed by atoms with Crippen LogP contribution in [0.3, 0.4) is 0 Å². The first-order valence-electron chi connectivity index (χ1n) is 20.0. The monoisotopic (exact) mass is 804 g/mol. The maximum Gasteiger partial charge on any atom is 0.314 e. The van der Waals surface area contributed by atoms with Gasteiger partial charge in [-0.05, 0) is 74.5 Å². The van der Waals surface area contributed by atoms with Gasteiger partial charge in [0.15, 0.2) is 18.7 Å². The van der Waals surface area contributed by atoms with Crippen molar-refractivity contribution in [1.29, 1.82) is 0 Å². The van der Waals surface area contributed by atoms with Crippen molar-refractivity contribution in [3.8, 4) is 0 Å². The average Bonchev–Trinajstić information content (AvgIpc) is 3.35. The highest BCUT2D eigenvalue weighted by atomic mass is 16.8. The summed E-state index contributed by atoms with van der Waals surface area (Å²) < 4.78 is 35.3. The van der Waals surface area contributed by atoms with E-state index < -0.39 is 123 Å². The van der Waals surface area contributed by atoms with Crippen molar-refractivity contribution in [2.24, 2.45) is 33.5 Å². The quantitative estimate of drug-likeness (QED) is 0.107. The Bertz CT molecular complexity index is 1450. The molecule has 21 atom stereocenters. The number of rotatable bonds is 9. The second-order valence-corrected chi connectivity index (χ2v) is 18.4. The highest BCUT2D eigenvalue weighted by Crippen LogP contribution is 2.73. The van der Waals surface area contributed by atoms with E-state index in [0.717, 1.165) is 32.1 Å². The van der Waals surface area contributed by atoms with Crippen LogP contribution in [-0.4, -0.2) is 175 Å². The lowest BCUT2D eigenvalue weighted by atomic mass is 9.40. The van der Waals surface area contributed by atoms with Gasteiger partial charge in [0.2, 0.25) is 6.29 Å². The van der Waals surface area contributed by atoms with Crippen LogP contribution < -0.4 is 0 Å². The number of ether oxygens (including phenoxy) is 6. The van der Waals surface area contributed by atoms with Gasteiger partial charge in [0.05, 0.1) is 25.2 Å². The molecule has 18 nitrogen and oxygen atoms in total. The van der Waals surface area contributed by atoms with E-state index in [-0.39, 0.29) is 28.1 Å². The van der Waals surface area contributed by atoms with Crippen molar-refractivity contribution in [1.82, 2.24) is 0 Å². The van der Waals surface area contributed by atoms with Crippen LogP contribution in [0.1, 0.15) is 78.6 Å². The summed E-state index contributed by atoms with van der Waals surface area (Å²) in [7, 11) is 0. The van der Waals surface area contributed by atoms with Crippen molar-refractivity contribution in [3.05, 3.63) is 0 Å². The number of hydrogen-bond acceptors (Lipinski definition) is 18. The van der Waals surface area contributed by atoms with E-state index in [0.29, 0.717) is 31.5 Å². The summed E-state index contributed by atoms with van der Waals surface area (Å²) in [6.07, 6.45) is -20.0. The molecule has 10 N–H and O–H groups in total. The van der Waals surface area contributed by atoms with E-state index in [1.165, 1.54) is 0 Å². The molecule has 4 saturated carbocycles. The summed E-state index contributed by atoms with van der Waals surface area (Å²) in [5.74, 6) is -0.291. The third-order valence-corrected chi connectivity index (χ3v) is 15.1. The van der Waals surface area contributed by atoms with Gasteiger partial charge < -0.3 is 79.5 Å². The Balaban J connectivity index is 1.20. The minimum Gasteiger partial charge on any atom is -0.432 e. The Morgan fingerprint density at radius 1 is 0.643 bits per heavy atom. The van der Waals surface area contributed by atoms with Gasteiger partial charge in [-0.1, -0.05) is 20.3 Å². The topological polar surface area (TPSA) is 292 Å². The van der Waals surface area contributed by atoms with E-state index in [4.69, 9.17) is 28.4 Å². The maximum absolute atomic E-state index is 14.8. The lowest BCUT2D eigenvalue weighted by Gasteiger charge is -2.64. The van der Waals surface area contributed by atoms with Crippen LogP contribution in [0.15, 0.2) is 0 Å². The van der Waals surface area contributed by atoms with E-state index in [1.54, 1.807) is 0 Å². The number of esters is 1. The van der Waals surface area contributed by atoms with Gasteiger partial charge in [-0.3, -0.25) is 9.59 Å². The number of ketones is 1. The van der Waals surface area contributed by atoms with Crippen molar-refractivity contribution in [2.45, 2.75) is 171 Å². The van der Waals surface area contributed by atoms with E-state index in [9.17, 15) is 60.7 Å². The minimum atomic E-state index is -1.96. The Hall–Kier alpha value is -1.46. The fraction of sp³-hybridized carbons (Fsp3) is 0.947. The summed E-state index contributed by atoms with van der Waals surface area (Å²) >= 11 is 0. The Kier molecular flexibility index (Phi) is 11.8. The van der Waals surface area contributed by atoms with Crippen molar-refractivity contribution in [3.63, 3.8) is 0 Å². The SMILES string of the molecule is CC12CCC3C(CCC4C(C)(C(=O)OC5OC(CO)C(O)C(OC6OC(CO)C(O)C(O)C6O)C5OC5OC(CO)C(O)[C@@H](O)C5O)CCCC34C)(CC1=O)C2. The number of aliphatic hydroxyl groups is 10. The van der Waals surface area contributed by atoms with Crippen LogP contribution in [0.5, 0.6) is 0 Å². The molecule has 3 heterocycles. The lowest BCUT2D eigenvalue weighted by molar-refractivity contribution is -0.388. The fourth-order valence-corrected chi connectivity index (χ4v) is 12.1. The number of aliphatic hydroxyl groups excluding tert-OH is 10. The van der Waals surface area contributed by atoms with E-state index in [2.05, 4.69) is 13.8 Å². The van der Waals surface area contributed by atoms with Crippen LogP contribution in [0, 0.1) is 33.5 Å². The molecule has 1 spiro atoms. The molecule has 7 aliphatic rings. The van der Waals surface area contributed by atoms with Gasteiger partial charge in [-0.2, -0.15) is 0 Å². The number of carbonyl (C=O) groups is 2. The van der Waals surface area contributed by atoms with Gasteiger partial charge in [0.1, 0.15) is 72.9 Å². The minimum absolute atomic E-state index is 0.117. The number of fused-ring (bicyclic) bond motifs is 3. The molecule has 0 radical (unpaired) electrons. The molecule has 3 saturated heterocycles. The van der Waals surface area contributed by atoms with Gasteiger partial charge in [-0.25, -0.2) is 0 Å². The van der Waals surface area contributed by atoms with Crippen molar-refractivity contribution < 1.29 is 89.1 Å². The smallest absolute Gasteiger partial charge is 0.314 e. The molecule has 0 amide bonds. The first kappa shape index (κ1) is 42.7. The second-order valence-electron chi connectivity index (χ2n) is 18.4. The summed E-state index contributed by atoms with van der Waals surface area (Å²) in [4.78, 5) is 28.0. The highest BCUT2D eigenvalue weighted by molar-refractivity contribution is 5.88. The molecule has 20 unspecified atom stereocenters. The molecule has 0 aromatic carbocycles. The predicted octanol–water partition coefficient (Wildman–Crippen LogP) is -2.65. The van der Waals surface area contributed by atoms with Crippen LogP contribution in [0.2, 0.25) is 0 Å². The third kappa shape index (κ3) is 6.77. The van der Waals surface area contributed by atoms with Gasteiger partial charge in [0, 0.05) is 11.8 Å². The zero-order valence-corrected chi connectivity index (χ0v) is 32.0. The van der Waals surface area contributed by atoms with Crippen molar-refractivity contribution in [2.75, 3.05) is 19.8 Å². The normalized spacial score (nSPS) is 54.6. The first-order valence-corrected chi connectivity index (χ1v) is 20.0. The van der Waals surface area contributed by atoms with E-state index >= 15 is 0 Å². The average molecular weight is 805 g/mol. The second kappa shape index (κ2) is 15.5. The van der Waals surface area contributed by atoms with Gasteiger partial charge >= 0.3 is 5.97 Å². The summed E-state index contributed by atoms with van der Waals surface area (Å²) in [6.45, 7) is 3.70. The fourth-order valence-electron chi connectivity index (χ4n) is 12.1. The predicted molar refractivity (Wildman–Crippen MR) is 185 cm³/mol. The van der Waals surface area contributed by atoms with Crippen LogP contribution in [0.4, 0.5) is 0 Å². The molecule has 0 aromatic heterocycles. The Labute approximate surface area is 324 Å². The van der Waals surface area contributed by atoms with Crippen LogP contribution in [0.25, 0.3) is 0 Å². The maximum atomic E-state index is 14.8. The number of Topliss-reactive ketones (excluding diaryl/α,β-unsaturated/α-hetero) is 1. The van der Waals surface area contributed by atoms with Crippen LogP contribution >= 0.6 is 0 Å². The molecule has 0 aromatic rings. The van der Waals surface area contributed by atoms with Crippen molar-refractivity contribution >= 4 is 11.8 Å². The lowest BCUT2D eigenvalue weighted by Crippen LogP contribution is -2.67. The third-order valence-electron chi connectivity index (χ3n) is 15.1. The largest absolute Gasteiger partial charge is 0.432 e. The van der Waals surface area contributed by atoms with E-state index in [1.807, 2.05) is 6.92 Å². The molecule has 7 rings (SSSR count). The Morgan fingerprint density at radius 2 is 1.16 bits per heavy atom. The molecule has 56 heavy (non-hydrogen) atoms. The summed E-state index contributed by atoms with van der Waals surface area (Å²) in [5, 5.41) is 105. The van der Waals surface area contributed by atoms with Gasteiger partial charge in [-0.15, -0.1) is 0 Å². The first-order chi connectivity index (χ1) is 26.4. The molecule has 4 aliphatic carbocycles. The van der Waals surface area contributed by atoms with Gasteiger partial charge in [0.25, 0.3) is 0 Å².